The summed E-state index contributed by atoms with van der Waals surface area (Å²) in [5, 5.41) is 75.1. The van der Waals surface area contributed by atoms with Crippen LogP contribution in [-0.2, 0) is 23.7 Å². The van der Waals surface area contributed by atoms with Gasteiger partial charge in [-0.05, 0) is 18.8 Å². The van der Waals surface area contributed by atoms with E-state index in [0.29, 0.717) is 6.42 Å². The third-order valence-corrected chi connectivity index (χ3v) is 7.79. The summed E-state index contributed by atoms with van der Waals surface area (Å²) in [7, 11) is 0. The molecule has 1 aliphatic carbocycles. The first-order valence-corrected chi connectivity index (χ1v) is 13.8. The van der Waals surface area contributed by atoms with Crippen LogP contribution in [0.3, 0.4) is 0 Å². The van der Waals surface area contributed by atoms with Gasteiger partial charge < -0.3 is 82.9 Å². The minimum Gasteiger partial charge on any atom is -0.394 e. The first-order chi connectivity index (χ1) is 19.2. The zero-order valence-corrected chi connectivity index (χ0v) is 23.1. The van der Waals surface area contributed by atoms with E-state index in [4.69, 9.17) is 41.9 Å². The third-order valence-electron chi connectivity index (χ3n) is 7.79. The Kier molecular flexibility index (Phi) is 12.2. The van der Waals surface area contributed by atoms with Crippen LogP contribution < -0.4 is 28.3 Å². The first kappa shape index (κ1) is 34.4. The molecule has 0 unspecified atom stereocenters. The number of hydrogen-bond acceptors (Lipinski definition) is 16. The monoisotopic (exact) mass is 597 g/mol. The van der Waals surface area contributed by atoms with Crippen molar-refractivity contribution in [1.82, 2.24) is 5.32 Å². The summed E-state index contributed by atoms with van der Waals surface area (Å²) in [6, 6.07) is -3.81. The molecule has 16 N–H and O–H groups in total. The molecule has 1 saturated carbocycles. The normalized spacial score (nSPS) is 46.3. The van der Waals surface area contributed by atoms with Gasteiger partial charge in [-0.2, -0.15) is 0 Å². The molecular formula is C24H47N5O12. The Morgan fingerprint density at radius 3 is 1.90 bits per heavy atom. The molecule has 2 heterocycles. The van der Waals surface area contributed by atoms with Crippen LogP contribution in [0.15, 0.2) is 0 Å². The van der Waals surface area contributed by atoms with Gasteiger partial charge in [-0.15, -0.1) is 0 Å². The van der Waals surface area contributed by atoms with Crippen molar-refractivity contribution in [1.29, 1.82) is 0 Å². The highest BCUT2D eigenvalue weighted by Crippen LogP contribution is 2.31. The summed E-state index contributed by atoms with van der Waals surface area (Å²) in [5.41, 5.74) is 24.1. The van der Waals surface area contributed by atoms with E-state index in [2.05, 4.69) is 5.32 Å². The van der Waals surface area contributed by atoms with Crippen LogP contribution >= 0.6 is 0 Å². The minimum absolute atomic E-state index is 0.0362. The molecule has 17 heteroatoms. The molecule has 17 nitrogen and oxygen atoms in total. The Hall–Kier alpha value is -1.13. The average Bonchev–Trinajstić information content (AvgIpc) is 2.91. The predicted octanol–water partition coefficient (Wildman–Crippen LogP) is -6.76. The zero-order valence-electron chi connectivity index (χ0n) is 23.1. The van der Waals surface area contributed by atoms with Gasteiger partial charge in [0.15, 0.2) is 12.6 Å². The molecule has 16 atom stereocenters. The van der Waals surface area contributed by atoms with Crippen molar-refractivity contribution in [2.24, 2.45) is 28.9 Å². The van der Waals surface area contributed by atoms with E-state index in [-0.39, 0.29) is 18.9 Å². The summed E-state index contributed by atoms with van der Waals surface area (Å²) < 4.78 is 22.6. The van der Waals surface area contributed by atoms with E-state index in [1.54, 1.807) is 0 Å². The highest BCUT2D eigenvalue weighted by atomic mass is 16.7. The summed E-state index contributed by atoms with van der Waals surface area (Å²) in [6.07, 6.45) is -17.1. The molecular weight excluding hydrogens is 550 g/mol. The van der Waals surface area contributed by atoms with Gasteiger partial charge in [0, 0.05) is 18.6 Å². The molecule has 0 bridgehead atoms. The van der Waals surface area contributed by atoms with Crippen molar-refractivity contribution >= 4 is 5.91 Å². The van der Waals surface area contributed by atoms with Crippen LogP contribution in [0.25, 0.3) is 0 Å². The number of carbonyl (C=O) groups is 1. The average molecular weight is 598 g/mol. The number of carbonyl (C=O) groups excluding carboxylic acids is 1. The van der Waals surface area contributed by atoms with Crippen molar-refractivity contribution in [2.45, 2.75) is 124 Å². The summed E-state index contributed by atoms with van der Waals surface area (Å²) >= 11 is 0. The maximum Gasteiger partial charge on any atom is 0.237 e. The van der Waals surface area contributed by atoms with Crippen LogP contribution in [-0.4, -0.2) is 153 Å². The quantitative estimate of drug-likeness (QED) is 0.111. The largest absolute Gasteiger partial charge is 0.394 e. The van der Waals surface area contributed by atoms with Gasteiger partial charge >= 0.3 is 0 Å². The van der Waals surface area contributed by atoms with E-state index in [9.17, 15) is 40.5 Å². The molecule has 0 aromatic rings. The number of nitrogens with two attached hydrogens (primary N) is 4. The third kappa shape index (κ3) is 7.88. The first-order valence-electron chi connectivity index (χ1n) is 13.8. The van der Waals surface area contributed by atoms with Crippen molar-refractivity contribution < 1.29 is 59.5 Å². The van der Waals surface area contributed by atoms with Crippen LogP contribution in [0.2, 0.25) is 0 Å². The highest BCUT2D eigenvalue weighted by molar-refractivity contribution is 5.81. The smallest absolute Gasteiger partial charge is 0.237 e. The second kappa shape index (κ2) is 14.6. The van der Waals surface area contributed by atoms with Crippen molar-refractivity contribution in [3.8, 4) is 0 Å². The van der Waals surface area contributed by atoms with Crippen molar-refractivity contribution in [2.75, 3.05) is 13.2 Å². The van der Waals surface area contributed by atoms with Gasteiger partial charge in [-0.3, -0.25) is 4.79 Å². The van der Waals surface area contributed by atoms with E-state index in [1.807, 2.05) is 13.8 Å². The lowest BCUT2D eigenvalue weighted by Gasteiger charge is -2.48. The molecule has 3 rings (SSSR count). The molecule has 0 radical (unpaired) electrons. The van der Waals surface area contributed by atoms with Gasteiger partial charge in [0.1, 0.15) is 61.0 Å². The molecule has 2 saturated heterocycles. The Bertz CT molecular complexity index is 845. The Morgan fingerprint density at radius 1 is 0.829 bits per heavy atom. The standard InChI is InChI=1S/C24H47N5O12/c1-7(2)3-10(27)22(37)29-5-11-15(32)17(34)18(35)24(38-11)41-21-9(26)4-8(25)20(19(21)36)40-23-16(33)13(28)14(31)12(6-30)39-23/h7-21,23-24,30-36H,3-6,25-28H2,1-2H3,(H,29,37)/t8-,9+,10+,11-,12-,13+,14-,15-,16-,17+,18-,19-,20+,21-,23-,24-/m1/s1. The maximum absolute atomic E-state index is 12.3. The lowest BCUT2D eigenvalue weighted by atomic mass is 9.84. The van der Waals surface area contributed by atoms with Crippen LogP contribution in [0.4, 0.5) is 0 Å². The topological polar surface area (TPSA) is 312 Å². The van der Waals surface area contributed by atoms with Crippen LogP contribution in [0.1, 0.15) is 26.7 Å². The molecule has 0 aromatic heterocycles. The molecule has 3 aliphatic rings. The molecule has 2 aliphatic heterocycles. The molecule has 1 amide bonds. The summed E-state index contributed by atoms with van der Waals surface area (Å²) in [6.45, 7) is 2.93. The Balaban J connectivity index is 1.68. The predicted molar refractivity (Wildman–Crippen MR) is 139 cm³/mol. The number of hydrogen-bond donors (Lipinski definition) is 12. The van der Waals surface area contributed by atoms with E-state index in [0.717, 1.165) is 0 Å². The van der Waals surface area contributed by atoms with Gasteiger partial charge in [-0.1, -0.05) is 13.8 Å². The Morgan fingerprint density at radius 2 is 1.37 bits per heavy atom. The number of rotatable bonds is 10. The van der Waals surface area contributed by atoms with E-state index < -0.39 is 110 Å². The fourth-order valence-electron chi connectivity index (χ4n) is 5.32. The fraction of sp³-hybridized carbons (Fsp3) is 0.958. The molecule has 41 heavy (non-hydrogen) atoms. The lowest BCUT2D eigenvalue weighted by Crippen LogP contribution is -2.68. The van der Waals surface area contributed by atoms with Gasteiger partial charge in [0.05, 0.1) is 18.7 Å². The summed E-state index contributed by atoms with van der Waals surface area (Å²) in [5.74, 6) is -0.324. The minimum atomic E-state index is -1.76. The number of amides is 1. The molecule has 240 valence electrons. The van der Waals surface area contributed by atoms with Crippen molar-refractivity contribution in [3.05, 3.63) is 0 Å². The van der Waals surface area contributed by atoms with Crippen LogP contribution in [0.5, 0.6) is 0 Å². The van der Waals surface area contributed by atoms with Gasteiger partial charge in [0.25, 0.3) is 0 Å². The maximum atomic E-state index is 12.3. The number of aliphatic hydroxyl groups excluding tert-OH is 7. The summed E-state index contributed by atoms with van der Waals surface area (Å²) in [4.78, 5) is 12.3. The lowest BCUT2D eigenvalue weighted by molar-refractivity contribution is -0.332. The van der Waals surface area contributed by atoms with Crippen LogP contribution in [0, 0.1) is 5.92 Å². The molecule has 0 spiro atoms. The van der Waals surface area contributed by atoms with E-state index >= 15 is 0 Å². The zero-order chi connectivity index (χ0) is 30.8. The highest BCUT2D eigenvalue weighted by Gasteiger charge is 2.51. The SMILES string of the molecule is CC(C)C[C@H](N)C(=O)NC[C@H]1O[C@H](O[C@H]2[C@H](O)[C@@H](O[C@H]3O[C@H](CO)[C@@H](O)[C@H](N)[C@H]3O)[C@H](N)C[C@@H]2N)[C@H](O)[C@@H](O)[C@@H]1O. The molecule has 0 aromatic carbocycles. The van der Waals surface area contributed by atoms with Crippen molar-refractivity contribution in [3.63, 3.8) is 0 Å². The second-order valence-electron chi connectivity index (χ2n) is 11.5. The number of aliphatic hydroxyl groups is 7. The molecule has 3 fully saturated rings. The number of ether oxygens (including phenoxy) is 4. The second-order valence-corrected chi connectivity index (χ2v) is 11.5. The van der Waals surface area contributed by atoms with E-state index in [1.165, 1.54) is 0 Å². The number of nitrogens with one attached hydrogen (secondary N) is 1. The fourth-order valence-corrected chi connectivity index (χ4v) is 5.32. The van der Waals surface area contributed by atoms with Gasteiger partial charge in [-0.25, -0.2) is 0 Å². The van der Waals surface area contributed by atoms with Gasteiger partial charge in [0.2, 0.25) is 5.91 Å². The Labute approximate surface area is 237 Å².